The highest BCUT2D eigenvalue weighted by Crippen LogP contribution is 2.25. The Morgan fingerprint density at radius 1 is 0.800 bits per heavy atom. The van der Waals surface area contributed by atoms with E-state index in [-0.39, 0.29) is 11.7 Å². The van der Waals surface area contributed by atoms with Crippen LogP contribution in [-0.4, -0.2) is 11.7 Å². The van der Waals surface area contributed by atoms with Crippen LogP contribution in [0.15, 0.2) is 72.8 Å². The fourth-order valence-corrected chi connectivity index (χ4v) is 2.65. The summed E-state index contributed by atoms with van der Waals surface area (Å²) in [5.41, 5.74) is 4.97. The molecule has 25 heavy (non-hydrogen) atoms. The van der Waals surface area contributed by atoms with Crippen molar-refractivity contribution in [2.45, 2.75) is 13.8 Å². The number of hydrogen-bond acceptors (Lipinski definition) is 2. The van der Waals surface area contributed by atoms with E-state index in [1.807, 2.05) is 55.5 Å². The summed E-state index contributed by atoms with van der Waals surface area (Å²) in [4.78, 5) is 24.1. The normalized spacial score (nSPS) is 10.3. The third-order valence-electron chi connectivity index (χ3n) is 4.08. The van der Waals surface area contributed by atoms with E-state index < -0.39 is 0 Å². The number of carbonyl (C=O) groups excluding carboxylic acids is 2. The van der Waals surface area contributed by atoms with Gasteiger partial charge >= 0.3 is 0 Å². The number of hydrogen-bond donors (Lipinski definition) is 1. The van der Waals surface area contributed by atoms with Gasteiger partial charge in [0.25, 0.3) is 5.91 Å². The van der Waals surface area contributed by atoms with Crippen LogP contribution in [0.4, 0.5) is 5.69 Å². The summed E-state index contributed by atoms with van der Waals surface area (Å²) in [7, 11) is 0. The van der Waals surface area contributed by atoms with Crippen molar-refractivity contribution in [2.24, 2.45) is 0 Å². The largest absolute Gasteiger partial charge is 0.322 e. The van der Waals surface area contributed by atoms with E-state index in [4.69, 9.17) is 0 Å². The number of benzene rings is 3. The van der Waals surface area contributed by atoms with Crippen LogP contribution in [-0.2, 0) is 0 Å². The quantitative estimate of drug-likeness (QED) is 0.676. The zero-order chi connectivity index (χ0) is 17.8. The van der Waals surface area contributed by atoms with Gasteiger partial charge in [0, 0.05) is 16.8 Å². The molecule has 0 radical (unpaired) electrons. The molecule has 0 heterocycles. The van der Waals surface area contributed by atoms with Crippen molar-refractivity contribution >= 4 is 17.4 Å². The van der Waals surface area contributed by atoms with Crippen LogP contribution in [0.2, 0.25) is 0 Å². The van der Waals surface area contributed by atoms with E-state index in [9.17, 15) is 9.59 Å². The van der Waals surface area contributed by atoms with Gasteiger partial charge in [-0.1, -0.05) is 48.0 Å². The molecule has 1 N–H and O–H groups in total. The van der Waals surface area contributed by atoms with Crippen LogP contribution in [0.3, 0.4) is 0 Å². The minimum absolute atomic E-state index is 0.00240. The Morgan fingerprint density at radius 2 is 1.44 bits per heavy atom. The first-order valence-corrected chi connectivity index (χ1v) is 8.13. The molecule has 0 atom stereocenters. The molecule has 0 fully saturated rings. The molecule has 3 rings (SSSR count). The molecule has 124 valence electrons. The molecule has 0 aliphatic heterocycles. The smallest absolute Gasteiger partial charge is 0.256 e. The maximum atomic E-state index is 12.7. The third-order valence-corrected chi connectivity index (χ3v) is 4.08. The Labute approximate surface area is 147 Å². The number of Topliss-reactive ketones (excluding diaryl/α,β-unsaturated/α-hetero) is 1. The summed E-state index contributed by atoms with van der Waals surface area (Å²) in [5.74, 6) is -0.172. The number of anilines is 1. The maximum absolute atomic E-state index is 12.7. The molecule has 3 heteroatoms. The second-order valence-corrected chi connectivity index (χ2v) is 6.00. The topological polar surface area (TPSA) is 46.2 Å². The van der Waals surface area contributed by atoms with Gasteiger partial charge in [0.1, 0.15) is 0 Å². The van der Waals surface area contributed by atoms with Crippen molar-refractivity contribution in [2.75, 3.05) is 5.32 Å². The molecule has 3 aromatic rings. The fraction of sp³-hybridized carbons (Fsp3) is 0.0909. The van der Waals surface area contributed by atoms with Crippen LogP contribution in [0.5, 0.6) is 0 Å². The molecule has 3 aromatic carbocycles. The molecule has 0 saturated carbocycles. The fourth-order valence-electron chi connectivity index (χ4n) is 2.65. The van der Waals surface area contributed by atoms with Crippen molar-refractivity contribution in [3.05, 3.63) is 89.5 Å². The Morgan fingerprint density at radius 3 is 2.08 bits per heavy atom. The summed E-state index contributed by atoms with van der Waals surface area (Å²) >= 11 is 0. The van der Waals surface area contributed by atoms with Gasteiger partial charge in [-0.3, -0.25) is 9.59 Å². The highest BCUT2D eigenvalue weighted by atomic mass is 16.1. The summed E-state index contributed by atoms with van der Waals surface area (Å²) in [6.07, 6.45) is 0. The monoisotopic (exact) mass is 329 g/mol. The van der Waals surface area contributed by atoms with Crippen LogP contribution in [0, 0.1) is 6.92 Å². The van der Waals surface area contributed by atoms with E-state index >= 15 is 0 Å². The predicted molar refractivity (Wildman–Crippen MR) is 101 cm³/mol. The minimum Gasteiger partial charge on any atom is -0.322 e. The van der Waals surface area contributed by atoms with Gasteiger partial charge in [-0.05, 0) is 55.3 Å². The van der Waals surface area contributed by atoms with E-state index in [0.29, 0.717) is 16.8 Å². The second kappa shape index (κ2) is 7.14. The zero-order valence-electron chi connectivity index (χ0n) is 14.2. The Kier molecular flexibility index (Phi) is 4.75. The van der Waals surface area contributed by atoms with Gasteiger partial charge < -0.3 is 5.32 Å². The lowest BCUT2D eigenvalue weighted by Gasteiger charge is -2.11. The van der Waals surface area contributed by atoms with Crippen molar-refractivity contribution in [3.8, 4) is 11.1 Å². The number of rotatable bonds is 4. The predicted octanol–water partition coefficient (Wildman–Crippen LogP) is 5.12. The lowest BCUT2D eigenvalue weighted by Crippen LogP contribution is -2.13. The standard InChI is InChI=1S/C22H19NO2/c1-15-7-9-18(10-8-15)20-5-3-4-6-21(20)22(25)23-19-13-11-17(12-14-19)16(2)24/h3-14H,1-2H3,(H,23,25). The summed E-state index contributed by atoms with van der Waals surface area (Å²) < 4.78 is 0. The van der Waals surface area contributed by atoms with Gasteiger partial charge in [-0.25, -0.2) is 0 Å². The molecule has 0 aliphatic carbocycles. The Balaban J connectivity index is 1.87. The van der Waals surface area contributed by atoms with Crippen molar-refractivity contribution < 1.29 is 9.59 Å². The first-order chi connectivity index (χ1) is 12.0. The molecule has 0 unspecified atom stereocenters. The maximum Gasteiger partial charge on any atom is 0.256 e. The van der Waals surface area contributed by atoms with Crippen molar-refractivity contribution in [1.29, 1.82) is 0 Å². The van der Waals surface area contributed by atoms with Crippen LogP contribution in [0.25, 0.3) is 11.1 Å². The average Bonchev–Trinajstić information content (AvgIpc) is 2.63. The third kappa shape index (κ3) is 3.83. The number of ketones is 1. The number of carbonyl (C=O) groups is 2. The molecule has 3 nitrogen and oxygen atoms in total. The number of aryl methyl sites for hydroxylation is 1. The summed E-state index contributed by atoms with van der Waals surface area (Å²) in [5, 5.41) is 2.90. The highest BCUT2D eigenvalue weighted by molar-refractivity contribution is 6.08. The van der Waals surface area contributed by atoms with Gasteiger partial charge in [-0.15, -0.1) is 0 Å². The average molecular weight is 329 g/mol. The van der Waals surface area contributed by atoms with E-state index in [0.717, 1.165) is 11.1 Å². The molecule has 1 amide bonds. The molecule has 0 aliphatic rings. The lowest BCUT2D eigenvalue weighted by atomic mass is 9.98. The highest BCUT2D eigenvalue weighted by Gasteiger charge is 2.12. The van der Waals surface area contributed by atoms with Crippen LogP contribution in [0.1, 0.15) is 33.2 Å². The zero-order valence-corrected chi connectivity index (χ0v) is 14.2. The van der Waals surface area contributed by atoms with Crippen LogP contribution < -0.4 is 5.32 Å². The van der Waals surface area contributed by atoms with Crippen molar-refractivity contribution in [1.82, 2.24) is 0 Å². The first kappa shape index (κ1) is 16.7. The van der Waals surface area contributed by atoms with Gasteiger partial charge in [-0.2, -0.15) is 0 Å². The number of nitrogens with one attached hydrogen (secondary N) is 1. The van der Waals surface area contributed by atoms with E-state index in [2.05, 4.69) is 5.32 Å². The lowest BCUT2D eigenvalue weighted by molar-refractivity contribution is 0.101. The summed E-state index contributed by atoms with van der Waals surface area (Å²) in [6, 6.07) is 22.5. The molecule has 0 spiro atoms. The Bertz CT molecular complexity index is 910. The van der Waals surface area contributed by atoms with Gasteiger partial charge in [0.05, 0.1) is 0 Å². The molecular formula is C22H19NO2. The molecular weight excluding hydrogens is 310 g/mol. The minimum atomic E-state index is -0.174. The first-order valence-electron chi connectivity index (χ1n) is 8.13. The SMILES string of the molecule is CC(=O)c1ccc(NC(=O)c2ccccc2-c2ccc(C)cc2)cc1. The van der Waals surface area contributed by atoms with E-state index in [1.54, 1.807) is 24.3 Å². The molecule has 0 bridgehead atoms. The number of amides is 1. The van der Waals surface area contributed by atoms with Gasteiger partial charge in [0.15, 0.2) is 5.78 Å². The second-order valence-electron chi connectivity index (χ2n) is 6.00. The summed E-state index contributed by atoms with van der Waals surface area (Å²) in [6.45, 7) is 3.55. The van der Waals surface area contributed by atoms with Gasteiger partial charge in [0.2, 0.25) is 0 Å². The van der Waals surface area contributed by atoms with Crippen LogP contribution >= 0.6 is 0 Å². The molecule has 0 saturated heterocycles. The Hall–Kier alpha value is -3.20. The van der Waals surface area contributed by atoms with Crippen molar-refractivity contribution in [3.63, 3.8) is 0 Å². The molecule has 0 aromatic heterocycles. The van der Waals surface area contributed by atoms with E-state index in [1.165, 1.54) is 12.5 Å².